The van der Waals surface area contributed by atoms with Crippen LogP contribution in [0.3, 0.4) is 0 Å². The Morgan fingerprint density at radius 3 is 2.68 bits per heavy atom. The zero-order valence-corrected chi connectivity index (χ0v) is 20.2. The SMILES string of the molecule is Cc1nnc(SCC(=O)N2CC(=O)N(CC(C)C)C[C@@H](OCc3c(C)noc3C)C2)s1. The molecular formula is C20H29N5O4S2. The fourth-order valence-electron chi connectivity index (χ4n) is 3.35. The summed E-state index contributed by atoms with van der Waals surface area (Å²) in [7, 11) is 0. The van der Waals surface area contributed by atoms with Gasteiger partial charge in [0.05, 0.1) is 30.7 Å². The molecule has 9 nitrogen and oxygen atoms in total. The van der Waals surface area contributed by atoms with Gasteiger partial charge >= 0.3 is 0 Å². The molecule has 1 aliphatic rings. The van der Waals surface area contributed by atoms with Gasteiger partial charge in [0.2, 0.25) is 11.8 Å². The molecule has 3 heterocycles. The first kappa shape index (κ1) is 23.7. The lowest BCUT2D eigenvalue weighted by Gasteiger charge is -2.26. The van der Waals surface area contributed by atoms with Crippen LogP contribution in [0.5, 0.6) is 0 Å². The summed E-state index contributed by atoms with van der Waals surface area (Å²) in [5, 5.41) is 12.8. The van der Waals surface area contributed by atoms with Crippen molar-refractivity contribution in [2.75, 3.05) is 31.9 Å². The molecule has 11 heteroatoms. The molecular weight excluding hydrogens is 438 g/mol. The Kier molecular flexibility index (Phi) is 8.06. The number of ether oxygens (including phenoxy) is 1. The number of carbonyl (C=O) groups is 2. The lowest BCUT2D eigenvalue weighted by molar-refractivity contribution is -0.137. The molecule has 2 aromatic heterocycles. The van der Waals surface area contributed by atoms with Crippen molar-refractivity contribution in [3.05, 3.63) is 22.0 Å². The average molecular weight is 468 g/mol. The van der Waals surface area contributed by atoms with E-state index in [1.165, 1.54) is 23.1 Å². The van der Waals surface area contributed by atoms with Crippen molar-refractivity contribution < 1.29 is 18.8 Å². The quantitative estimate of drug-likeness (QED) is 0.546. The number of rotatable bonds is 8. The minimum Gasteiger partial charge on any atom is -0.370 e. The molecule has 0 unspecified atom stereocenters. The maximum atomic E-state index is 12.9. The van der Waals surface area contributed by atoms with Crippen LogP contribution in [0.25, 0.3) is 0 Å². The van der Waals surface area contributed by atoms with Crippen LogP contribution in [-0.4, -0.2) is 75.0 Å². The van der Waals surface area contributed by atoms with Gasteiger partial charge in [-0.15, -0.1) is 10.2 Å². The van der Waals surface area contributed by atoms with Gasteiger partial charge in [0.1, 0.15) is 10.8 Å². The standard InChI is InChI=1S/C20H29N5O4S2/c1-12(2)6-24-7-16(28-10-17-13(3)23-29-14(17)4)8-25(9-18(24)26)19(27)11-30-20-22-21-15(5)31-20/h12,16H,6-11H2,1-5H3/t16-/m1/s1. The fourth-order valence-corrected chi connectivity index (χ4v) is 5.07. The molecule has 170 valence electrons. The summed E-state index contributed by atoms with van der Waals surface area (Å²) in [4.78, 5) is 29.2. The van der Waals surface area contributed by atoms with Gasteiger partial charge in [-0.2, -0.15) is 0 Å². The highest BCUT2D eigenvalue weighted by molar-refractivity contribution is 8.01. The number of thioether (sulfide) groups is 1. The molecule has 1 atom stereocenters. The predicted octanol–water partition coefficient (Wildman–Crippen LogP) is 2.46. The molecule has 0 aliphatic carbocycles. The highest BCUT2D eigenvalue weighted by Gasteiger charge is 2.31. The molecule has 2 aromatic rings. The second kappa shape index (κ2) is 10.6. The molecule has 0 saturated carbocycles. The van der Waals surface area contributed by atoms with E-state index in [1.54, 1.807) is 9.80 Å². The van der Waals surface area contributed by atoms with E-state index in [2.05, 4.69) is 29.2 Å². The summed E-state index contributed by atoms with van der Waals surface area (Å²) in [6, 6.07) is 0. The molecule has 0 bridgehead atoms. The molecule has 0 radical (unpaired) electrons. The van der Waals surface area contributed by atoms with Crippen molar-refractivity contribution in [3.63, 3.8) is 0 Å². The van der Waals surface area contributed by atoms with Crippen LogP contribution >= 0.6 is 23.1 Å². The van der Waals surface area contributed by atoms with Crippen molar-refractivity contribution in [2.45, 2.75) is 51.7 Å². The Labute approximate surface area is 190 Å². The number of carbonyl (C=O) groups excluding carboxylic acids is 2. The van der Waals surface area contributed by atoms with Crippen LogP contribution in [0.15, 0.2) is 8.86 Å². The summed E-state index contributed by atoms with van der Waals surface area (Å²) in [6.07, 6.45) is -0.295. The minimum absolute atomic E-state index is 0.0535. The Morgan fingerprint density at radius 2 is 2.06 bits per heavy atom. The second-order valence-corrected chi connectivity index (χ2v) is 10.5. The lowest BCUT2D eigenvalue weighted by Crippen LogP contribution is -2.41. The molecule has 0 N–H and O–H groups in total. The Balaban J connectivity index is 1.68. The third kappa shape index (κ3) is 6.50. The lowest BCUT2D eigenvalue weighted by atomic mass is 10.2. The van der Waals surface area contributed by atoms with Crippen molar-refractivity contribution in [1.82, 2.24) is 25.2 Å². The summed E-state index contributed by atoms with van der Waals surface area (Å²) in [5.74, 6) is 1.09. The van der Waals surface area contributed by atoms with Gasteiger partial charge < -0.3 is 19.1 Å². The number of aryl methyl sites for hydroxylation is 3. The molecule has 0 aromatic carbocycles. The van der Waals surface area contributed by atoms with Crippen molar-refractivity contribution >= 4 is 34.9 Å². The highest BCUT2D eigenvalue weighted by atomic mass is 32.2. The van der Waals surface area contributed by atoms with E-state index < -0.39 is 0 Å². The summed E-state index contributed by atoms with van der Waals surface area (Å²) in [6.45, 7) is 11.6. The van der Waals surface area contributed by atoms with Gasteiger partial charge in [-0.05, 0) is 26.7 Å². The van der Waals surface area contributed by atoms with Crippen molar-refractivity contribution in [1.29, 1.82) is 0 Å². The molecule has 1 saturated heterocycles. The van der Waals surface area contributed by atoms with E-state index in [4.69, 9.17) is 9.26 Å². The fraction of sp³-hybridized carbons (Fsp3) is 0.650. The zero-order valence-electron chi connectivity index (χ0n) is 18.6. The molecule has 0 spiro atoms. The number of nitrogens with zero attached hydrogens (tertiary/aromatic N) is 5. The van der Waals surface area contributed by atoms with E-state index in [0.29, 0.717) is 32.2 Å². The van der Waals surface area contributed by atoms with E-state index in [0.717, 1.165) is 26.4 Å². The number of hydrogen-bond donors (Lipinski definition) is 0. The summed E-state index contributed by atoms with van der Waals surface area (Å²) in [5.41, 5.74) is 1.70. The maximum absolute atomic E-state index is 12.9. The molecule has 2 amide bonds. The number of hydrogen-bond acceptors (Lipinski definition) is 9. The average Bonchev–Trinajstić information content (AvgIpc) is 3.22. The Bertz CT molecular complexity index is 894. The van der Waals surface area contributed by atoms with Crippen LogP contribution < -0.4 is 0 Å². The van der Waals surface area contributed by atoms with Gasteiger partial charge in [0, 0.05) is 25.2 Å². The monoisotopic (exact) mass is 467 g/mol. The van der Waals surface area contributed by atoms with Crippen LogP contribution in [0, 0.1) is 26.7 Å². The number of aromatic nitrogens is 3. The third-order valence-electron chi connectivity index (χ3n) is 4.94. The highest BCUT2D eigenvalue weighted by Crippen LogP contribution is 2.23. The van der Waals surface area contributed by atoms with Crippen LogP contribution in [0.1, 0.15) is 35.9 Å². The van der Waals surface area contributed by atoms with Crippen LogP contribution in [-0.2, 0) is 20.9 Å². The minimum atomic E-state index is -0.295. The second-order valence-electron chi connectivity index (χ2n) is 8.08. The normalized spacial score (nSPS) is 17.5. The third-order valence-corrected chi connectivity index (χ3v) is 6.89. The maximum Gasteiger partial charge on any atom is 0.242 e. The summed E-state index contributed by atoms with van der Waals surface area (Å²) >= 11 is 2.80. The molecule has 3 rings (SSSR count). The van der Waals surface area contributed by atoms with Gasteiger partial charge in [0.25, 0.3) is 0 Å². The largest absolute Gasteiger partial charge is 0.370 e. The first-order chi connectivity index (χ1) is 14.7. The van der Waals surface area contributed by atoms with Crippen molar-refractivity contribution in [2.24, 2.45) is 5.92 Å². The zero-order chi connectivity index (χ0) is 22.5. The smallest absolute Gasteiger partial charge is 0.242 e. The van der Waals surface area contributed by atoms with Crippen molar-refractivity contribution in [3.8, 4) is 0 Å². The van der Waals surface area contributed by atoms with Gasteiger partial charge in [-0.1, -0.05) is 42.1 Å². The molecule has 1 fully saturated rings. The first-order valence-corrected chi connectivity index (χ1v) is 12.0. The number of amides is 2. The van der Waals surface area contributed by atoms with E-state index in [-0.39, 0.29) is 30.2 Å². The Morgan fingerprint density at radius 1 is 1.29 bits per heavy atom. The van der Waals surface area contributed by atoms with Gasteiger partial charge in [0.15, 0.2) is 4.34 Å². The predicted molar refractivity (Wildman–Crippen MR) is 118 cm³/mol. The first-order valence-electron chi connectivity index (χ1n) is 10.2. The molecule has 31 heavy (non-hydrogen) atoms. The Hall–Kier alpha value is -1.98. The van der Waals surface area contributed by atoms with Gasteiger partial charge in [-0.3, -0.25) is 9.59 Å². The molecule has 1 aliphatic heterocycles. The van der Waals surface area contributed by atoms with E-state index in [1.807, 2.05) is 20.8 Å². The summed E-state index contributed by atoms with van der Waals surface area (Å²) < 4.78 is 12.1. The van der Waals surface area contributed by atoms with E-state index in [9.17, 15) is 9.59 Å². The van der Waals surface area contributed by atoms with Gasteiger partial charge in [-0.25, -0.2) is 0 Å². The van der Waals surface area contributed by atoms with E-state index >= 15 is 0 Å². The van der Waals surface area contributed by atoms with Crippen LogP contribution in [0.2, 0.25) is 0 Å². The van der Waals surface area contributed by atoms with Crippen LogP contribution in [0.4, 0.5) is 0 Å². The topological polar surface area (TPSA) is 102 Å².